The Bertz CT molecular complexity index is 412. The maximum absolute atomic E-state index is 13.2. The van der Waals surface area contributed by atoms with Crippen molar-refractivity contribution in [3.8, 4) is 5.75 Å². The first-order valence-corrected chi connectivity index (χ1v) is 5.58. The highest BCUT2D eigenvalue weighted by Crippen LogP contribution is 2.17. The summed E-state index contributed by atoms with van der Waals surface area (Å²) in [6, 6.07) is 2.23. The lowest BCUT2D eigenvalue weighted by atomic mass is 10.2. The second-order valence-electron chi connectivity index (χ2n) is 3.66. The number of halogens is 2. The van der Waals surface area contributed by atoms with Crippen molar-refractivity contribution in [2.24, 2.45) is 0 Å². The van der Waals surface area contributed by atoms with Gasteiger partial charge in [-0.05, 0) is 18.7 Å². The van der Waals surface area contributed by atoms with Gasteiger partial charge in [-0.15, -0.1) is 0 Å². The van der Waals surface area contributed by atoms with Gasteiger partial charge in [0.05, 0.1) is 6.61 Å². The van der Waals surface area contributed by atoms with Crippen molar-refractivity contribution >= 4 is 5.97 Å². The van der Waals surface area contributed by atoms with Crippen LogP contribution in [0, 0.1) is 11.6 Å². The molecular weight excluding hydrogens is 244 g/mol. The van der Waals surface area contributed by atoms with Crippen molar-refractivity contribution in [3.63, 3.8) is 0 Å². The molecule has 0 aliphatic rings. The van der Waals surface area contributed by atoms with Crippen molar-refractivity contribution in [2.75, 3.05) is 13.2 Å². The van der Waals surface area contributed by atoms with Crippen LogP contribution in [0.15, 0.2) is 18.2 Å². The van der Waals surface area contributed by atoms with E-state index in [2.05, 4.69) is 5.32 Å². The predicted molar refractivity (Wildman–Crippen MR) is 61.6 cm³/mol. The number of aliphatic carboxylic acids is 1. The zero-order valence-electron chi connectivity index (χ0n) is 9.95. The van der Waals surface area contributed by atoms with Crippen molar-refractivity contribution in [1.29, 1.82) is 0 Å². The monoisotopic (exact) mass is 259 g/mol. The second kappa shape index (κ2) is 6.90. The lowest BCUT2D eigenvalue weighted by Crippen LogP contribution is -2.37. The first kappa shape index (κ1) is 14.4. The normalized spacial score (nSPS) is 12.2. The predicted octanol–water partition coefficient (Wildman–Crippen LogP) is 1.80. The van der Waals surface area contributed by atoms with Crippen LogP contribution in [0.2, 0.25) is 0 Å². The molecule has 0 fully saturated rings. The van der Waals surface area contributed by atoms with Crippen LogP contribution in [0.3, 0.4) is 0 Å². The summed E-state index contributed by atoms with van der Waals surface area (Å²) in [5.74, 6) is -2.56. The molecule has 18 heavy (non-hydrogen) atoms. The van der Waals surface area contributed by atoms with E-state index in [1.165, 1.54) is 6.07 Å². The Morgan fingerprint density at radius 1 is 1.50 bits per heavy atom. The van der Waals surface area contributed by atoms with E-state index in [1.807, 2.05) is 0 Å². The SMILES string of the molecule is CCNC(CCOc1ccc(F)cc1F)C(=O)O. The molecule has 0 aliphatic heterocycles. The fourth-order valence-corrected chi connectivity index (χ4v) is 1.44. The first-order valence-electron chi connectivity index (χ1n) is 5.58. The molecule has 4 nitrogen and oxygen atoms in total. The molecule has 0 saturated carbocycles. The van der Waals surface area contributed by atoms with Crippen LogP contribution in [0.5, 0.6) is 5.75 Å². The summed E-state index contributed by atoms with van der Waals surface area (Å²) in [4.78, 5) is 10.8. The Kier molecular flexibility index (Phi) is 5.51. The Morgan fingerprint density at radius 2 is 2.22 bits per heavy atom. The number of carboxylic acid groups (broad SMARTS) is 1. The van der Waals surface area contributed by atoms with Crippen molar-refractivity contribution in [1.82, 2.24) is 5.32 Å². The molecule has 0 heterocycles. The van der Waals surface area contributed by atoms with E-state index in [0.717, 1.165) is 6.07 Å². The quantitative estimate of drug-likeness (QED) is 0.784. The van der Waals surface area contributed by atoms with Gasteiger partial charge in [0, 0.05) is 12.5 Å². The van der Waals surface area contributed by atoms with E-state index < -0.39 is 23.6 Å². The van der Waals surface area contributed by atoms with E-state index in [1.54, 1.807) is 6.92 Å². The number of ether oxygens (including phenoxy) is 1. The molecule has 100 valence electrons. The summed E-state index contributed by atoms with van der Waals surface area (Å²) >= 11 is 0. The molecule has 2 N–H and O–H groups in total. The Hall–Kier alpha value is -1.69. The van der Waals surface area contributed by atoms with Gasteiger partial charge < -0.3 is 15.2 Å². The van der Waals surface area contributed by atoms with Gasteiger partial charge in [-0.3, -0.25) is 4.79 Å². The average molecular weight is 259 g/mol. The van der Waals surface area contributed by atoms with Crippen LogP contribution in [0.1, 0.15) is 13.3 Å². The summed E-state index contributed by atoms with van der Waals surface area (Å²) in [6.07, 6.45) is 0.194. The first-order chi connectivity index (χ1) is 8.54. The van der Waals surface area contributed by atoms with Crippen LogP contribution >= 0.6 is 0 Å². The highest BCUT2D eigenvalue weighted by molar-refractivity contribution is 5.73. The van der Waals surface area contributed by atoms with E-state index in [9.17, 15) is 13.6 Å². The number of nitrogens with one attached hydrogen (secondary N) is 1. The lowest BCUT2D eigenvalue weighted by molar-refractivity contribution is -0.139. The van der Waals surface area contributed by atoms with Crippen LogP contribution in [-0.4, -0.2) is 30.3 Å². The largest absolute Gasteiger partial charge is 0.490 e. The zero-order chi connectivity index (χ0) is 13.5. The van der Waals surface area contributed by atoms with Gasteiger partial charge in [0.1, 0.15) is 11.9 Å². The van der Waals surface area contributed by atoms with Gasteiger partial charge in [-0.25, -0.2) is 8.78 Å². The number of likely N-dealkylation sites (N-methyl/N-ethyl adjacent to an activating group) is 1. The van der Waals surface area contributed by atoms with Gasteiger partial charge in [0.25, 0.3) is 0 Å². The topological polar surface area (TPSA) is 58.6 Å². The van der Waals surface area contributed by atoms with Crippen LogP contribution in [0.4, 0.5) is 8.78 Å². The molecule has 1 rings (SSSR count). The molecular formula is C12H15F2NO3. The fourth-order valence-electron chi connectivity index (χ4n) is 1.44. The van der Waals surface area contributed by atoms with Crippen molar-refractivity contribution in [2.45, 2.75) is 19.4 Å². The van der Waals surface area contributed by atoms with Gasteiger partial charge in [0.15, 0.2) is 11.6 Å². The van der Waals surface area contributed by atoms with E-state index in [-0.39, 0.29) is 18.8 Å². The third kappa shape index (κ3) is 4.29. The summed E-state index contributed by atoms with van der Waals surface area (Å²) < 4.78 is 30.9. The number of hydrogen-bond acceptors (Lipinski definition) is 3. The molecule has 0 radical (unpaired) electrons. The summed E-state index contributed by atoms with van der Waals surface area (Å²) in [5, 5.41) is 11.6. The van der Waals surface area contributed by atoms with Crippen LogP contribution in [0.25, 0.3) is 0 Å². The average Bonchev–Trinajstić information content (AvgIpc) is 2.30. The highest BCUT2D eigenvalue weighted by atomic mass is 19.1. The molecule has 1 aromatic carbocycles. The molecule has 1 atom stereocenters. The zero-order valence-corrected chi connectivity index (χ0v) is 9.95. The lowest BCUT2D eigenvalue weighted by Gasteiger charge is -2.13. The van der Waals surface area contributed by atoms with Crippen molar-refractivity contribution < 1.29 is 23.4 Å². The van der Waals surface area contributed by atoms with Crippen molar-refractivity contribution in [3.05, 3.63) is 29.8 Å². The minimum absolute atomic E-state index is 0.0342. The molecule has 0 aromatic heterocycles. The maximum atomic E-state index is 13.2. The second-order valence-corrected chi connectivity index (χ2v) is 3.66. The molecule has 0 amide bonds. The number of benzene rings is 1. The Morgan fingerprint density at radius 3 is 2.78 bits per heavy atom. The summed E-state index contributed by atoms with van der Waals surface area (Å²) in [7, 11) is 0. The number of carbonyl (C=O) groups is 1. The molecule has 0 aliphatic carbocycles. The standard InChI is InChI=1S/C12H15F2NO3/c1-2-15-10(12(16)17)5-6-18-11-4-3-8(13)7-9(11)14/h3-4,7,10,15H,2,5-6H2,1H3,(H,16,17). The summed E-state index contributed by atoms with van der Waals surface area (Å²) in [5.41, 5.74) is 0. The Balaban J connectivity index is 2.47. The molecule has 0 spiro atoms. The van der Waals surface area contributed by atoms with Crippen LogP contribution in [-0.2, 0) is 4.79 Å². The third-order valence-corrected chi connectivity index (χ3v) is 2.31. The van der Waals surface area contributed by atoms with Gasteiger partial charge in [-0.2, -0.15) is 0 Å². The molecule has 0 bridgehead atoms. The third-order valence-electron chi connectivity index (χ3n) is 2.31. The van der Waals surface area contributed by atoms with E-state index in [4.69, 9.17) is 9.84 Å². The Labute approximate surface area is 104 Å². The smallest absolute Gasteiger partial charge is 0.320 e. The molecule has 0 saturated heterocycles. The minimum atomic E-state index is -0.986. The fraction of sp³-hybridized carbons (Fsp3) is 0.417. The van der Waals surface area contributed by atoms with E-state index >= 15 is 0 Å². The molecule has 1 aromatic rings. The van der Waals surface area contributed by atoms with Gasteiger partial charge in [0.2, 0.25) is 0 Å². The highest BCUT2D eigenvalue weighted by Gasteiger charge is 2.16. The van der Waals surface area contributed by atoms with Gasteiger partial charge in [-0.1, -0.05) is 6.92 Å². The maximum Gasteiger partial charge on any atom is 0.320 e. The number of hydrogen-bond donors (Lipinski definition) is 2. The minimum Gasteiger partial charge on any atom is -0.490 e. The number of carboxylic acids is 1. The van der Waals surface area contributed by atoms with Gasteiger partial charge >= 0.3 is 5.97 Å². The summed E-state index contributed by atoms with van der Waals surface area (Å²) in [6.45, 7) is 2.34. The van der Waals surface area contributed by atoms with Crippen LogP contribution < -0.4 is 10.1 Å². The van der Waals surface area contributed by atoms with E-state index in [0.29, 0.717) is 12.6 Å². The molecule has 6 heteroatoms. The number of rotatable bonds is 7. The molecule has 1 unspecified atom stereocenters.